The Morgan fingerprint density at radius 2 is 1.63 bits per heavy atom. The zero-order valence-electron chi connectivity index (χ0n) is 26.8. The first-order chi connectivity index (χ1) is 17.3. The summed E-state index contributed by atoms with van der Waals surface area (Å²) in [5.41, 5.74) is 3.10. The summed E-state index contributed by atoms with van der Waals surface area (Å²) in [7, 11) is 0. The van der Waals surface area contributed by atoms with Crippen molar-refractivity contribution >= 4 is 0 Å². The molecule has 0 heterocycles. The highest BCUT2D eigenvalue weighted by atomic mass is 16.5. The Hall–Kier alpha value is -2.16. The van der Waals surface area contributed by atoms with Crippen molar-refractivity contribution in [3.05, 3.63) is 73.8 Å². The highest BCUT2D eigenvalue weighted by Gasteiger charge is 2.61. The fourth-order valence-corrected chi connectivity index (χ4v) is 6.70. The fourth-order valence-electron chi connectivity index (χ4n) is 6.70. The first kappa shape index (κ1) is 33.9. The van der Waals surface area contributed by atoms with E-state index in [1.807, 2.05) is 26.8 Å². The second-order valence-electron chi connectivity index (χ2n) is 14.1. The summed E-state index contributed by atoms with van der Waals surface area (Å²) < 4.78 is 6.07. The van der Waals surface area contributed by atoms with E-state index in [0.717, 1.165) is 17.7 Å². The van der Waals surface area contributed by atoms with Crippen LogP contribution in [0.4, 0.5) is 0 Å². The zero-order chi connectivity index (χ0) is 29.6. The van der Waals surface area contributed by atoms with E-state index in [9.17, 15) is 0 Å². The summed E-state index contributed by atoms with van der Waals surface area (Å²) in [4.78, 5) is 0. The van der Waals surface area contributed by atoms with Crippen LogP contribution in [0, 0.1) is 40.4 Å². The molecule has 38 heavy (non-hydrogen) atoms. The highest BCUT2D eigenvalue weighted by Crippen LogP contribution is 2.66. The molecular formula is C35H60N2O. The van der Waals surface area contributed by atoms with Crippen molar-refractivity contribution in [2.75, 3.05) is 6.54 Å². The van der Waals surface area contributed by atoms with Crippen LogP contribution in [0.15, 0.2) is 73.8 Å². The summed E-state index contributed by atoms with van der Waals surface area (Å²) in [6.07, 6.45) is 8.44. The summed E-state index contributed by atoms with van der Waals surface area (Å²) >= 11 is 0. The Bertz CT molecular complexity index is 892. The molecule has 0 aliphatic heterocycles. The molecule has 1 aliphatic carbocycles. The van der Waals surface area contributed by atoms with E-state index in [2.05, 4.69) is 104 Å². The van der Waals surface area contributed by atoms with Crippen molar-refractivity contribution in [1.29, 1.82) is 0 Å². The Morgan fingerprint density at radius 3 is 2.05 bits per heavy atom. The lowest BCUT2D eigenvalue weighted by atomic mass is 9.69. The van der Waals surface area contributed by atoms with Crippen molar-refractivity contribution in [3.8, 4) is 0 Å². The zero-order valence-corrected chi connectivity index (χ0v) is 26.8. The third kappa shape index (κ3) is 8.95. The Morgan fingerprint density at radius 1 is 1.05 bits per heavy atom. The molecule has 2 N–H and O–H groups in total. The van der Waals surface area contributed by atoms with Gasteiger partial charge in [0.05, 0.1) is 6.04 Å². The molecule has 6 unspecified atom stereocenters. The van der Waals surface area contributed by atoms with Gasteiger partial charge in [-0.05, 0) is 86.7 Å². The van der Waals surface area contributed by atoms with Gasteiger partial charge in [0.15, 0.2) is 5.88 Å². The van der Waals surface area contributed by atoms with Crippen molar-refractivity contribution in [3.63, 3.8) is 0 Å². The molecule has 0 bridgehead atoms. The molecule has 0 spiro atoms. The maximum atomic E-state index is 6.07. The van der Waals surface area contributed by atoms with Gasteiger partial charge in [-0.25, -0.2) is 0 Å². The number of hydrogen-bond donors (Lipinski definition) is 2. The quantitative estimate of drug-likeness (QED) is 0.120. The molecule has 0 aromatic heterocycles. The molecule has 3 heteroatoms. The summed E-state index contributed by atoms with van der Waals surface area (Å²) in [5.74, 6) is 2.80. The predicted molar refractivity (Wildman–Crippen MR) is 169 cm³/mol. The monoisotopic (exact) mass is 524 g/mol. The predicted octanol–water partition coefficient (Wildman–Crippen LogP) is 9.20. The van der Waals surface area contributed by atoms with Gasteiger partial charge >= 0.3 is 0 Å². The van der Waals surface area contributed by atoms with E-state index in [1.165, 1.54) is 12.0 Å². The second-order valence-corrected chi connectivity index (χ2v) is 14.1. The SMILES string of the molecule is C=CCNC(=C)C(=C)C(C(C)/C=C/C)C(CC(=C)C(NC(=C)OC(C)(C)C)C(C)(C)C)C1C(CC)C1(C)C. The van der Waals surface area contributed by atoms with Gasteiger partial charge in [-0.1, -0.05) is 98.4 Å². The minimum absolute atomic E-state index is 0.0230. The molecular weight excluding hydrogens is 464 g/mol. The molecule has 1 fully saturated rings. The van der Waals surface area contributed by atoms with Gasteiger partial charge < -0.3 is 15.4 Å². The lowest BCUT2D eigenvalue weighted by Gasteiger charge is -2.40. The first-order valence-electron chi connectivity index (χ1n) is 14.5. The van der Waals surface area contributed by atoms with Gasteiger partial charge in [0.2, 0.25) is 0 Å². The summed E-state index contributed by atoms with van der Waals surface area (Å²) in [6.45, 7) is 47.0. The lowest BCUT2D eigenvalue weighted by molar-refractivity contribution is 0.0349. The minimum Gasteiger partial charge on any atom is -0.474 e. The van der Waals surface area contributed by atoms with E-state index in [1.54, 1.807) is 0 Å². The molecule has 0 saturated heterocycles. The highest BCUT2D eigenvalue weighted by molar-refractivity contribution is 5.31. The van der Waals surface area contributed by atoms with Crippen LogP contribution < -0.4 is 10.6 Å². The Kier molecular flexibility index (Phi) is 11.8. The molecule has 216 valence electrons. The summed E-state index contributed by atoms with van der Waals surface area (Å²) in [5, 5.41) is 7.02. The maximum Gasteiger partial charge on any atom is 0.180 e. The maximum absolute atomic E-state index is 6.07. The van der Waals surface area contributed by atoms with Crippen LogP contribution >= 0.6 is 0 Å². The Labute approximate surface area is 236 Å². The lowest BCUT2D eigenvalue weighted by Crippen LogP contribution is -2.43. The van der Waals surface area contributed by atoms with Crippen molar-refractivity contribution in [1.82, 2.24) is 10.6 Å². The van der Waals surface area contributed by atoms with Gasteiger partial charge in [-0.3, -0.25) is 0 Å². The number of nitrogens with one attached hydrogen (secondary N) is 2. The van der Waals surface area contributed by atoms with E-state index in [-0.39, 0.29) is 28.4 Å². The normalized spacial score (nSPS) is 22.1. The van der Waals surface area contributed by atoms with Crippen LogP contribution in [0.1, 0.15) is 89.0 Å². The van der Waals surface area contributed by atoms with Crippen molar-refractivity contribution in [2.24, 2.45) is 40.4 Å². The van der Waals surface area contributed by atoms with E-state index < -0.39 is 0 Å². The molecule has 6 atom stereocenters. The standard InChI is InChI=1S/C35H60N2O/c1-17-20-23(4)30(25(6)26(7)36-21-18-2)28(31-29(19-3)35(31,15)16)22-24(5)32(33(9,10)11)37-27(8)38-34(12,13)14/h17-18,20,23,28-32,36-37H,2,5-8,19,21-22H2,1,3-4,9-16H3/b20-17+. The van der Waals surface area contributed by atoms with Crippen LogP contribution in [-0.2, 0) is 4.74 Å². The molecule has 3 nitrogen and oxygen atoms in total. The molecule has 0 radical (unpaired) electrons. The average molecular weight is 525 g/mol. The number of hydrogen-bond acceptors (Lipinski definition) is 3. The average Bonchev–Trinajstić information content (AvgIpc) is 3.33. The second kappa shape index (κ2) is 13.3. The Balaban J connectivity index is 3.51. The van der Waals surface area contributed by atoms with E-state index in [0.29, 0.717) is 36.1 Å². The molecule has 1 rings (SSSR count). The van der Waals surface area contributed by atoms with Crippen molar-refractivity contribution < 1.29 is 4.74 Å². The van der Waals surface area contributed by atoms with Gasteiger partial charge in [0.25, 0.3) is 0 Å². The van der Waals surface area contributed by atoms with Gasteiger partial charge in [0.1, 0.15) is 5.60 Å². The largest absolute Gasteiger partial charge is 0.474 e. The molecule has 1 aliphatic rings. The molecule has 0 aromatic rings. The van der Waals surface area contributed by atoms with Crippen LogP contribution in [0.25, 0.3) is 0 Å². The van der Waals surface area contributed by atoms with Crippen LogP contribution in [0.5, 0.6) is 0 Å². The third-order valence-corrected chi connectivity index (χ3v) is 8.32. The number of allylic oxidation sites excluding steroid dienone is 3. The molecule has 1 saturated carbocycles. The van der Waals surface area contributed by atoms with Crippen LogP contribution in [0.3, 0.4) is 0 Å². The van der Waals surface area contributed by atoms with Gasteiger partial charge in [0, 0.05) is 12.2 Å². The van der Waals surface area contributed by atoms with Crippen molar-refractivity contribution in [2.45, 2.75) is 101 Å². The van der Waals surface area contributed by atoms with E-state index in [4.69, 9.17) is 11.3 Å². The third-order valence-electron chi connectivity index (χ3n) is 8.32. The van der Waals surface area contributed by atoms with Crippen LogP contribution in [-0.4, -0.2) is 18.2 Å². The van der Waals surface area contributed by atoms with Gasteiger partial charge in [-0.2, -0.15) is 0 Å². The molecule has 0 aromatic carbocycles. The smallest absolute Gasteiger partial charge is 0.180 e. The fraction of sp³-hybridized carbons (Fsp3) is 0.657. The van der Waals surface area contributed by atoms with Crippen LogP contribution in [0.2, 0.25) is 0 Å². The minimum atomic E-state index is -0.313. The summed E-state index contributed by atoms with van der Waals surface area (Å²) in [6, 6.07) is 0.0230. The number of ether oxygens (including phenoxy) is 1. The number of rotatable bonds is 16. The first-order valence-corrected chi connectivity index (χ1v) is 14.5. The topological polar surface area (TPSA) is 33.3 Å². The van der Waals surface area contributed by atoms with Gasteiger partial charge in [-0.15, -0.1) is 6.58 Å². The molecule has 0 amide bonds. The van der Waals surface area contributed by atoms with E-state index >= 15 is 0 Å².